The van der Waals surface area contributed by atoms with E-state index < -0.39 is 0 Å². The maximum Gasteiger partial charge on any atom is 0.262 e. The predicted molar refractivity (Wildman–Crippen MR) is 122 cm³/mol. The fourth-order valence-electron chi connectivity index (χ4n) is 3.37. The van der Waals surface area contributed by atoms with Gasteiger partial charge in [-0.1, -0.05) is 43.7 Å². The number of para-hydroxylation sites is 1. The van der Waals surface area contributed by atoms with E-state index in [1.807, 2.05) is 42.8 Å². The molecule has 2 N–H and O–H groups in total. The number of nitrogens with two attached hydrogens (primary N) is 1. The second-order valence-electron chi connectivity index (χ2n) is 7.39. The SMILES string of the molecule is CCCCCn1c(=O)c2ccccc2n2c(SCc3nc(N)nc(N(C)C)n3)nnc12. The first-order valence-corrected chi connectivity index (χ1v) is 11.2. The molecule has 3 heterocycles. The molecule has 0 bridgehead atoms. The van der Waals surface area contributed by atoms with Gasteiger partial charge in [-0.05, 0) is 18.6 Å². The van der Waals surface area contributed by atoms with Gasteiger partial charge in [-0.25, -0.2) is 0 Å². The van der Waals surface area contributed by atoms with Crippen molar-refractivity contribution >= 4 is 40.3 Å². The average Bonchev–Trinajstić information content (AvgIpc) is 3.18. The Labute approximate surface area is 183 Å². The minimum absolute atomic E-state index is 0.0379. The van der Waals surface area contributed by atoms with Crippen molar-refractivity contribution in [3.63, 3.8) is 0 Å². The van der Waals surface area contributed by atoms with E-state index in [2.05, 4.69) is 32.1 Å². The lowest BCUT2D eigenvalue weighted by molar-refractivity contribution is 0.594. The Morgan fingerprint density at radius 2 is 1.90 bits per heavy atom. The van der Waals surface area contributed by atoms with Gasteiger partial charge >= 0.3 is 0 Å². The Hall–Kier alpha value is -3.21. The number of nitrogen functional groups attached to an aromatic ring is 1. The van der Waals surface area contributed by atoms with Crippen molar-refractivity contribution in [1.29, 1.82) is 0 Å². The normalized spacial score (nSPS) is 11.5. The quantitative estimate of drug-likeness (QED) is 0.326. The zero-order valence-electron chi connectivity index (χ0n) is 17.8. The van der Waals surface area contributed by atoms with E-state index in [1.54, 1.807) is 9.47 Å². The lowest BCUT2D eigenvalue weighted by atomic mass is 10.2. The molecule has 0 atom stereocenters. The molecule has 0 aliphatic rings. The Kier molecular flexibility index (Phi) is 6.03. The van der Waals surface area contributed by atoms with E-state index in [4.69, 9.17) is 5.73 Å². The number of aromatic nitrogens is 7. The van der Waals surface area contributed by atoms with Crippen LogP contribution in [0, 0.1) is 0 Å². The third-order valence-corrected chi connectivity index (χ3v) is 5.81. The molecule has 4 rings (SSSR count). The van der Waals surface area contributed by atoms with Crippen molar-refractivity contribution in [2.24, 2.45) is 0 Å². The molecule has 0 aliphatic carbocycles. The minimum atomic E-state index is -0.0379. The van der Waals surface area contributed by atoms with E-state index in [1.165, 1.54) is 11.8 Å². The molecule has 3 aromatic heterocycles. The van der Waals surface area contributed by atoms with Crippen LogP contribution in [0.3, 0.4) is 0 Å². The smallest absolute Gasteiger partial charge is 0.262 e. The molecule has 0 aliphatic heterocycles. The van der Waals surface area contributed by atoms with Crippen molar-refractivity contribution in [1.82, 2.24) is 34.1 Å². The summed E-state index contributed by atoms with van der Waals surface area (Å²) in [6.07, 6.45) is 3.05. The maximum atomic E-state index is 13.1. The Bertz CT molecular complexity index is 1280. The summed E-state index contributed by atoms with van der Waals surface area (Å²) in [6, 6.07) is 7.54. The van der Waals surface area contributed by atoms with Crippen molar-refractivity contribution in [3.05, 3.63) is 40.4 Å². The number of hydrogen-bond acceptors (Lipinski definition) is 9. The second kappa shape index (κ2) is 8.88. The highest BCUT2D eigenvalue weighted by molar-refractivity contribution is 7.98. The monoisotopic (exact) mass is 439 g/mol. The van der Waals surface area contributed by atoms with Gasteiger partial charge in [0.25, 0.3) is 5.56 Å². The van der Waals surface area contributed by atoms with Gasteiger partial charge in [-0.3, -0.25) is 13.8 Å². The first kappa shape index (κ1) is 21.0. The molecule has 11 heteroatoms. The number of nitrogens with zero attached hydrogens (tertiary/aromatic N) is 8. The van der Waals surface area contributed by atoms with Crippen LogP contribution >= 0.6 is 11.8 Å². The van der Waals surface area contributed by atoms with Crippen molar-refractivity contribution in [2.45, 2.75) is 43.6 Å². The Morgan fingerprint density at radius 1 is 1.10 bits per heavy atom. The topological polar surface area (TPSA) is 120 Å². The highest BCUT2D eigenvalue weighted by Crippen LogP contribution is 2.24. The highest BCUT2D eigenvalue weighted by Gasteiger charge is 2.17. The molecule has 0 saturated carbocycles. The van der Waals surface area contributed by atoms with Crippen molar-refractivity contribution < 1.29 is 0 Å². The number of fused-ring (bicyclic) bond motifs is 3. The summed E-state index contributed by atoms with van der Waals surface area (Å²) in [6.45, 7) is 2.75. The van der Waals surface area contributed by atoms with E-state index >= 15 is 0 Å². The molecular formula is C20H25N9OS. The molecule has 31 heavy (non-hydrogen) atoms. The van der Waals surface area contributed by atoms with Crippen molar-refractivity contribution in [2.75, 3.05) is 24.7 Å². The van der Waals surface area contributed by atoms with Crippen LogP contribution in [0.4, 0.5) is 11.9 Å². The predicted octanol–water partition coefficient (Wildman–Crippen LogP) is 2.36. The Balaban J connectivity index is 1.75. The number of anilines is 2. The van der Waals surface area contributed by atoms with Gasteiger partial charge in [0, 0.05) is 20.6 Å². The van der Waals surface area contributed by atoms with Gasteiger partial charge in [0.1, 0.15) is 5.82 Å². The molecule has 0 saturated heterocycles. The third-order valence-electron chi connectivity index (χ3n) is 4.88. The van der Waals surface area contributed by atoms with Crippen molar-refractivity contribution in [3.8, 4) is 0 Å². The molecule has 162 valence electrons. The van der Waals surface area contributed by atoms with Crippen LogP contribution in [0.15, 0.2) is 34.2 Å². The van der Waals surface area contributed by atoms with Crippen LogP contribution in [0.25, 0.3) is 16.7 Å². The molecule has 4 aromatic rings. The lowest BCUT2D eigenvalue weighted by Gasteiger charge is -2.12. The first-order chi connectivity index (χ1) is 15.0. The standard InChI is InChI=1S/C20H25N9OS/c1-4-5-8-11-28-16(30)13-9-6-7-10-14(13)29-19(28)25-26-20(29)31-12-15-22-17(21)24-18(23-15)27(2)3/h6-7,9-10H,4-5,8,11-12H2,1-3H3,(H2,21,22,23,24). The molecule has 0 radical (unpaired) electrons. The molecule has 1 aromatic carbocycles. The van der Waals surface area contributed by atoms with Crippen LogP contribution < -0.4 is 16.2 Å². The third kappa shape index (κ3) is 4.18. The number of hydrogen-bond donors (Lipinski definition) is 1. The number of rotatable bonds is 8. The fourth-order valence-corrected chi connectivity index (χ4v) is 4.16. The molecule has 0 unspecified atom stereocenters. The van der Waals surface area contributed by atoms with Gasteiger partial charge in [0.15, 0.2) is 5.16 Å². The second-order valence-corrected chi connectivity index (χ2v) is 8.33. The fraction of sp³-hybridized carbons (Fsp3) is 0.400. The van der Waals surface area contributed by atoms with Gasteiger partial charge in [-0.2, -0.15) is 15.0 Å². The van der Waals surface area contributed by atoms with Crippen LogP contribution in [0.5, 0.6) is 0 Å². The highest BCUT2D eigenvalue weighted by atomic mass is 32.2. The molecular weight excluding hydrogens is 414 g/mol. The number of thioether (sulfide) groups is 1. The van der Waals surface area contributed by atoms with Gasteiger partial charge in [0.2, 0.25) is 17.7 Å². The number of aryl methyl sites for hydroxylation is 1. The maximum absolute atomic E-state index is 13.1. The Morgan fingerprint density at radius 3 is 2.68 bits per heavy atom. The van der Waals surface area contributed by atoms with E-state index in [-0.39, 0.29) is 11.5 Å². The van der Waals surface area contributed by atoms with E-state index in [0.717, 1.165) is 24.8 Å². The van der Waals surface area contributed by atoms with E-state index in [9.17, 15) is 4.79 Å². The zero-order chi connectivity index (χ0) is 22.0. The molecule has 0 fully saturated rings. The van der Waals surface area contributed by atoms with Crippen LogP contribution in [-0.2, 0) is 12.3 Å². The number of unbranched alkanes of at least 4 members (excludes halogenated alkanes) is 2. The van der Waals surface area contributed by atoms with Crippen LogP contribution in [-0.4, -0.2) is 48.2 Å². The zero-order valence-corrected chi connectivity index (χ0v) is 18.6. The lowest BCUT2D eigenvalue weighted by Crippen LogP contribution is -2.23. The summed E-state index contributed by atoms with van der Waals surface area (Å²) < 4.78 is 3.66. The van der Waals surface area contributed by atoms with Crippen LogP contribution in [0.2, 0.25) is 0 Å². The molecule has 0 amide bonds. The summed E-state index contributed by atoms with van der Waals surface area (Å²) in [4.78, 5) is 27.7. The van der Waals surface area contributed by atoms with Gasteiger partial charge in [0.05, 0.1) is 16.7 Å². The summed E-state index contributed by atoms with van der Waals surface area (Å²) in [7, 11) is 3.70. The van der Waals surface area contributed by atoms with E-state index in [0.29, 0.717) is 40.4 Å². The summed E-state index contributed by atoms with van der Waals surface area (Å²) in [5.74, 6) is 2.22. The molecule has 0 spiro atoms. The van der Waals surface area contributed by atoms with Crippen LogP contribution in [0.1, 0.15) is 32.0 Å². The minimum Gasteiger partial charge on any atom is -0.368 e. The molecule has 10 nitrogen and oxygen atoms in total. The average molecular weight is 440 g/mol. The summed E-state index contributed by atoms with van der Waals surface area (Å²) >= 11 is 1.44. The summed E-state index contributed by atoms with van der Waals surface area (Å²) in [5.41, 5.74) is 6.58. The first-order valence-electron chi connectivity index (χ1n) is 10.2. The largest absolute Gasteiger partial charge is 0.368 e. The van der Waals surface area contributed by atoms with Gasteiger partial charge in [-0.15, -0.1) is 10.2 Å². The summed E-state index contributed by atoms with van der Waals surface area (Å²) in [5, 5.41) is 10.0. The van der Waals surface area contributed by atoms with Gasteiger partial charge < -0.3 is 10.6 Å². The number of benzene rings is 1.